The number of nitrogens with zero attached hydrogens (tertiary/aromatic N) is 1. The topological polar surface area (TPSA) is 38.9 Å². The van der Waals surface area contributed by atoms with Crippen LogP contribution in [0.4, 0.5) is 5.69 Å². The second-order valence-electron chi connectivity index (χ2n) is 3.23. The molecule has 2 aromatic rings. The molecule has 2 heteroatoms. The molecule has 0 unspecified atom stereocenters. The summed E-state index contributed by atoms with van der Waals surface area (Å²) in [4.78, 5) is 4.24. The zero-order valence-electron chi connectivity index (χ0n) is 8.07. The molecule has 0 radical (unpaired) electrons. The summed E-state index contributed by atoms with van der Waals surface area (Å²) in [5, 5.41) is 0. The normalized spacial score (nSPS) is 10.1. The van der Waals surface area contributed by atoms with E-state index in [-0.39, 0.29) is 0 Å². The third kappa shape index (κ3) is 1.46. The second-order valence-corrected chi connectivity index (χ2v) is 3.23. The first-order chi connectivity index (χ1) is 6.79. The number of hydrogen-bond donors (Lipinski definition) is 1. The first-order valence-electron chi connectivity index (χ1n) is 4.55. The van der Waals surface area contributed by atoms with Crippen LogP contribution in [0, 0.1) is 6.92 Å². The van der Waals surface area contributed by atoms with Gasteiger partial charge in [0.2, 0.25) is 0 Å². The number of nitrogens with two attached hydrogens (primary N) is 1. The molecule has 0 aliphatic rings. The van der Waals surface area contributed by atoms with Crippen molar-refractivity contribution in [1.29, 1.82) is 0 Å². The van der Waals surface area contributed by atoms with Crippen LogP contribution >= 0.6 is 0 Å². The minimum Gasteiger partial charge on any atom is -0.398 e. The number of hydrogen-bond acceptors (Lipinski definition) is 2. The van der Waals surface area contributed by atoms with Crippen LogP contribution in [0.5, 0.6) is 0 Å². The predicted octanol–water partition coefficient (Wildman–Crippen LogP) is 2.64. The van der Waals surface area contributed by atoms with E-state index >= 15 is 0 Å². The molecule has 1 heterocycles. The fourth-order valence-corrected chi connectivity index (χ4v) is 1.57. The SMILES string of the molecule is Cc1nccc(N)c1-c1ccccc1. The molecule has 0 amide bonds. The lowest BCUT2D eigenvalue weighted by Crippen LogP contribution is -1.94. The highest BCUT2D eigenvalue weighted by Gasteiger charge is 2.05. The Morgan fingerprint density at radius 2 is 1.79 bits per heavy atom. The Labute approximate surface area is 83.4 Å². The second kappa shape index (κ2) is 3.50. The lowest BCUT2D eigenvalue weighted by atomic mass is 10.0. The summed E-state index contributed by atoms with van der Waals surface area (Å²) in [5.74, 6) is 0. The van der Waals surface area contributed by atoms with E-state index in [9.17, 15) is 0 Å². The molecule has 0 saturated carbocycles. The molecule has 0 atom stereocenters. The minimum absolute atomic E-state index is 0.781. The van der Waals surface area contributed by atoms with Crippen molar-refractivity contribution in [2.75, 3.05) is 5.73 Å². The largest absolute Gasteiger partial charge is 0.398 e. The van der Waals surface area contributed by atoms with Crippen molar-refractivity contribution in [3.8, 4) is 11.1 Å². The Morgan fingerprint density at radius 1 is 1.07 bits per heavy atom. The number of rotatable bonds is 1. The van der Waals surface area contributed by atoms with Gasteiger partial charge >= 0.3 is 0 Å². The van der Waals surface area contributed by atoms with E-state index in [2.05, 4.69) is 4.98 Å². The van der Waals surface area contributed by atoms with Crippen LogP contribution in [0.15, 0.2) is 42.6 Å². The standard InChI is InChI=1S/C12H12N2/c1-9-12(11(13)7-8-14-9)10-5-3-2-4-6-10/h2-8H,1H3,(H2,13,14). The number of benzene rings is 1. The Morgan fingerprint density at radius 3 is 2.43 bits per heavy atom. The summed E-state index contributed by atoms with van der Waals surface area (Å²) in [6.07, 6.45) is 1.73. The Bertz CT molecular complexity index is 415. The van der Waals surface area contributed by atoms with Crippen molar-refractivity contribution < 1.29 is 0 Å². The fourth-order valence-electron chi connectivity index (χ4n) is 1.57. The van der Waals surface area contributed by atoms with Gasteiger partial charge in [0.05, 0.1) is 0 Å². The first-order valence-corrected chi connectivity index (χ1v) is 4.55. The average molecular weight is 184 g/mol. The van der Waals surface area contributed by atoms with Crippen LogP contribution < -0.4 is 5.73 Å². The van der Waals surface area contributed by atoms with Crippen LogP contribution in [-0.4, -0.2) is 4.98 Å². The van der Waals surface area contributed by atoms with Gasteiger partial charge in [0.15, 0.2) is 0 Å². The van der Waals surface area contributed by atoms with Gasteiger partial charge in [0, 0.05) is 23.1 Å². The van der Waals surface area contributed by atoms with Crippen LogP contribution in [0.2, 0.25) is 0 Å². The van der Waals surface area contributed by atoms with E-state index in [1.807, 2.05) is 43.3 Å². The molecule has 0 aliphatic carbocycles. The van der Waals surface area contributed by atoms with Gasteiger partial charge in [-0.2, -0.15) is 0 Å². The Balaban J connectivity index is 2.63. The Hall–Kier alpha value is -1.83. The Kier molecular flexibility index (Phi) is 2.19. The highest BCUT2D eigenvalue weighted by Crippen LogP contribution is 2.27. The molecule has 1 aromatic carbocycles. The maximum atomic E-state index is 5.91. The molecule has 14 heavy (non-hydrogen) atoms. The molecule has 70 valence electrons. The molecule has 0 saturated heterocycles. The minimum atomic E-state index is 0.781. The third-order valence-corrected chi connectivity index (χ3v) is 2.24. The van der Waals surface area contributed by atoms with Gasteiger partial charge in [-0.3, -0.25) is 4.98 Å². The van der Waals surface area contributed by atoms with Gasteiger partial charge < -0.3 is 5.73 Å². The van der Waals surface area contributed by atoms with E-state index in [4.69, 9.17) is 5.73 Å². The zero-order valence-corrected chi connectivity index (χ0v) is 8.07. The summed E-state index contributed by atoms with van der Waals surface area (Å²) < 4.78 is 0. The molecule has 1 aromatic heterocycles. The van der Waals surface area contributed by atoms with Crippen LogP contribution in [0.25, 0.3) is 11.1 Å². The average Bonchev–Trinajstić information content (AvgIpc) is 2.19. The van der Waals surface area contributed by atoms with Gasteiger partial charge in [-0.05, 0) is 18.6 Å². The summed E-state index contributed by atoms with van der Waals surface area (Å²) >= 11 is 0. The van der Waals surface area contributed by atoms with Gasteiger partial charge in [0.25, 0.3) is 0 Å². The number of aryl methyl sites for hydroxylation is 1. The number of pyridine rings is 1. The van der Waals surface area contributed by atoms with E-state index in [0.29, 0.717) is 0 Å². The molecule has 2 N–H and O–H groups in total. The summed E-state index contributed by atoms with van der Waals surface area (Å²) in [5.41, 5.74) is 9.82. The quantitative estimate of drug-likeness (QED) is 0.740. The monoisotopic (exact) mass is 184 g/mol. The molecular weight excluding hydrogens is 172 g/mol. The lowest BCUT2D eigenvalue weighted by molar-refractivity contribution is 1.21. The van der Waals surface area contributed by atoms with Crippen molar-refractivity contribution in [3.63, 3.8) is 0 Å². The van der Waals surface area contributed by atoms with Crippen molar-refractivity contribution >= 4 is 5.69 Å². The van der Waals surface area contributed by atoms with Crippen LogP contribution in [0.3, 0.4) is 0 Å². The molecule has 0 bridgehead atoms. The molecule has 0 fully saturated rings. The van der Waals surface area contributed by atoms with Gasteiger partial charge in [-0.15, -0.1) is 0 Å². The van der Waals surface area contributed by atoms with Crippen molar-refractivity contribution in [2.45, 2.75) is 6.92 Å². The summed E-state index contributed by atoms with van der Waals surface area (Å²) in [6.45, 7) is 1.97. The van der Waals surface area contributed by atoms with Crippen molar-refractivity contribution in [1.82, 2.24) is 4.98 Å². The van der Waals surface area contributed by atoms with Crippen molar-refractivity contribution in [3.05, 3.63) is 48.3 Å². The van der Waals surface area contributed by atoms with E-state index in [1.165, 1.54) is 0 Å². The zero-order chi connectivity index (χ0) is 9.97. The van der Waals surface area contributed by atoms with Gasteiger partial charge in [0.1, 0.15) is 0 Å². The highest BCUT2D eigenvalue weighted by molar-refractivity contribution is 5.77. The highest BCUT2D eigenvalue weighted by atomic mass is 14.7. The third-order valence-electron chi connectivity index (χ3n) is 2.24. The number of nitrogen functional groups attached to an aromatic ring is 1. The molecular formula is C12H12N2. The number of aromatic nitrogens is 1. The first kappa shape index (κ1) is 8.75. The summed E-state index contributed by atoms with van der Waals surface area (Å²) in [7, 11) is 0. The number of anilines is 1. The lowest BCUT2D eigenvalue weighted by Gasteiger charge is -2.07. The predicted molar refractivity (Wildman–Crippen MR) is 58.8 cm³/mol. The molecule has 0 spiro atoms. The van der Waals surface area contributed by atoms with Crippen LogP contribution in [0.1, 0.15) is 5.69 Å². The molecule has 0 aliphatic heterocycles. The van der Waals surface area contributed by atoms with Gasteiger partial charge in [-0.1, -0.05) is 30.3 Å². The summed E-state index contributed by atoms with van der Waals surface area (Å²) in [6, 6.07) is 11.9. The molecule has 2 rings (SSSR count). The maximum Gasteiger partial charge on any atom is 0.0471 e. The molecule has 2 nitrogen and oxygen atoms in total. The van der Waals surface area contributed by atoms with Crippen LogP contribution in [-0.2, 0) is 0 Å². The smallest absolute Gasteiger partial charge is 0.0471 e. The fraction of sp³-hybridized carbons (Fsp3) is 0.0833. The maximum absolute atomic E-state index is 5.91. The van der Waals surface area contributed by atoms with E-state index in [1.54, 1.807) is 6.20 Å². The van der Waals surface area contributed by atoms with Gasteiger partial charge in [-0.25, -0.2) is 0 Å². The van der Waals surface area contributed by atoms with Crippen molar-refractivity contribution in [2.24, 2.45) is 0 Å². The van der Waals surface area contributed by atoms with E-state index < -0.39 is 0 Å². The van der Waals surface area contributed by atoms with E-state index in [0.717, 1.165) is 22.5 Å².